The molecule has 25 heavy (non-hydrogen) atoms. The standard InChI is InChI=1S/C18H21N3O4/c1-19-18(25)11-8-5-9-12(15(11)22)21-14-13(16(23)17(14)24)20-10-6-3-2-4-7-10/h5,8-10,20-22H,2-4,6-7H2,1H3,(H,19,25). The first-order chi connectivity index (χ1) is 12.0. The fourth-order valence-electron chi connectivity index (χ4n) is 3.20. The molecule has 0 unspecified atom stereocenters. The molecule has 3 rings (SSSR count). The van der Waals surface area contributed by atoms with Gasteiger partial charge in [0.1, 0.15) is 11.4 Å². The molecule has 0 aromatic heterocycles. The summed E-state index contributed by atoms with van der Waals surface area (Å²) in [5, 5.41) is 18.7. The number of phenolic OH excluding ortho intramolecular Hbond substituents is 1. The normalized spacial score (nSPS) is 15.1. The van der Waals surface area contributed by atoms with Crippen molar-refractivity contribution in [1.82, 2.24) is 5.32 Å². The Morgan fingerprint density at radius 2 is 1.76 bits per heavy atom. The number of amides is 1. The van der Waals surface area contributed by atoms with Crippen LogP contribution in [0.5, 0.6) is 5.75 Å². The lowest BCUT2D eigenvalue weighted by atomic mass is 9.95. The van der Waals surface area contributed by atoms with Crippen molar-refractivity contribution in [2.24, 2.45) is 0 Å². The molecule has 2 aromatic rings. The highest BCUT2D eigenvalue weighted by molar-refractivity contribution is 5.99. The zero-order valence-corrected chi connectivity index (χ0v) is 14.0. The lowest BCUT2D eigenvalue weighted by Gasteiger charge is -2.25. The maximum Gasteiger partial charge on any atom is 0.254 e. The highest BCUT2D eigenvalue weighted by Gasteiger charge is 2.25. The molecule has 2 aromatic carbocycles. The molecule has 0 atom stereocenters. The second kappa shape index (κ2) is 6.96. The van der Waals surface area contributed by atoms with Crippen LogP contribution in [0.25, 0.3) is 0 Å². The van der Waals surface area contributed by atoms with Crippen molar-refractivity contribution >= 4 is 23.0 Å². The number of para-hydroxylation sites is 1. The quantitative estimate of drug-likeness (QED) is 0.487. The predicted molar refractivity (Wildman–Crippen MR) is 96.6 cm³/mol. The number of aromatic hydroxyl groups is 1. The Kier molecular flexibility index (Phi) is 4.74. The molecular weight excluding hydrogens is 322 g/mol. The maximum absolute atomic E-state index is 11.9. The molecule has 1 fully saturated rings. The largest absolute Gasteiger partial charge is 0.505 e. The van der Waals surface area contributed by atoms with Gasteiger partial charge in [0.2, 0.25) is 0 Å². The molecule has 1 amide bonds. The lowest BCUT2D eigenvalue weighted by Crippen LogP contribution is -2.39. The third-order valence-corrected chi connectivity index (χ3v) is 4.63. The summed E-state index contributed by atoms with van der Waals surface area (Å²) in [5.41, 5.74) is -0.465. The summed E-state index contributed by atoms with van der Waals surface area (Å²) in [7, 11) is 1.46. The third kappa shape index (κ3) is 3.22. The van der Waals surface area contributed by atoms with Gasteiger partial charge in [0.25, 0.3) is 16.8 Å². The number of hydrogen-bond donors (Lipinski definition) is 4. The van der Waals surface area contributed by atoms with E-state index in [1.165, 1.54) is 19.5 Å². The van der Waals surface area contributed by atoms with Crippen LogP contribution in [0.15, 0.2) is 27.8 Å². The fraction of sp³-hybridized carbons (Fsp3) is 0.389. The summed E-state index contributed by atoms with van der Waals surface area (Å²) < 4.78 is 0. The van der Waals surface area contributed by atoms with Crippen LogP contribution in [0.2, 0.25) is 0 Å². The highest BCUT2D eigenvalue weighted by Crippen LogP contribution is 2.32. The summed E-state index contributed by atoms with van der Waals surface area (Å²) in [6.45, 7) is 0. The minimum atomic E-state index is -0.622. The van der Waals surface area contributed by atoms with Gasteiger partial charge in [-0.15, -0.1) is 0 Å². The van der Waals surface area contributed by atoms with E-state index in [1.54, 1.807) is 12.1 Å². The van der Waals surface area contributed by atoms with Gasteiger partial charge in [-0.25, -0.2) is 0 Å². The molecule has 1 aliphatic rings. The van der Waals surface area contributed by atoms with Gasteiger partial charge in [-0.1, -0.05) is 25.3 Å². The number of anilines is 3. The monoisotopic (exact) mass is 343 g/mol. The van der Waals surface area contributed by atoms with E-state index < -0.39 is 16.8 Å². The van der Waals surface area contributed by atoms with Gasteiger partial charge in [-0.3, -0.25) is 14.4 Å². The molecule has 132 valence electrons. The second-order valence-electron chi connectivity index (χ2n) is 6.29. The van der Waals surface area contributed by atoms with Gasteiger partial charge in [-0.2, -0.15) is 0 Å². The van der Waals surface area contributed by atoms with Crippen molar-refractivity contribution in [3.8, 4) is 5.75 Å². The number of nitrogens with one attached hydrogen (secondary N) is 3. The van der Waals surface area contributed by atoms with Gasteiger partial charge in [0.05, 0.1) is 11.3 Å². The van der Waals surface area contributed by atoms with Crippen molar-refractivity contribution in [2.75, 3.05) is 17.7 Å². The van der Waals surface area contributed by atoms with Crippen LogP contribution in [0.3, 0.4) is 0 Å². The minimum absolute atomic E-state index is 0.0907. The Morgan fingerprint density at radius 3 is 2.44 bits per heavy atom. The van der Waals surface area contributed by atoms with Gasteiger partial charge < -0.3 is 21.1 Å². The third-order valence-electron chi connectivity index (χ3n) is 4.63. The Morgan fingerprint density at radius 1 is 1.08 bits per heavy atom. The number of benzene rings is 1. The minimum Gasteiger partial charge on any atom is -0.505 e. The first-order valence-electron chi connectivity index (χ1n) is 8.44. The SMILES string of the molecule is CNC(=O)c1cccc(Nc2c(NC3CCCCC3)c(=O)c2=O)c1O. The zero-order chi connectivity index (χ0) is 18.0. The predicted octanol–water partition coefficient (Wildman–Crippen LogP) is 1.84. The number of rotatable bonds is 5. The molecule has 0 radical (unpaired) electrons. The van der Waals surface area contributed by atoms with Crippen molar-refractivity contribution in [3.05, 3.63) is 44.2 Å². The van der Waals surface area contributed by atoms with Gasteiger partial charge in [0.15, 0.2) is 5.75 Å². The van der Waals surface area contributed by atoms with E-state index in [9.17, 15) is 19.5 Å². The van der Waals surface area contributed by atoms with Crippen LogP contribution in [-0.4, -0.2) is 24.1 Å². The van der Waals surface area contributed by atoms with Crippen LogP contribution in [0, 0.1) is 0 Å². The van der Waals surface area contributed by atoms with Crippen molar-refractivity contribution in [1.29, 1.82) is 0 Å². The van der Waals surface area contributed by atoms with Crippen molar-refractivity contribution in [3.63, 3.8) is 0 Å². The molecule has 0 heterocycles. The second-order valence-corrected chi connectivity index (χ2v) is 6.29. The van der Waals surface area contributed by atoms with E-state index in [-0.39, 0.29) is 34.4 Å². The van der Waals surface area contributed by atoms with Crippen LogP contribution in [0.1, 0.15) is 42.5 Å². The molecule has 0 spiro atoms. The summed E-state index contributed by atoms with van der Waals surface area (Å²) in [5.74, 6) is -0.704. The summed E-state index contributed by atoms with van der Waals surface area (Å²) in [6.07, 6.45) is 5.33. The average molecular weight is 343 g/mol. The zero-order valence-electron chi connectivity index (χ0n) is 14.0. The van der Waals surface area contributed by atoms with E-state index in [1.807, 2.05) is 0 Å². The lowest BCUT2D eigenvalue weighted by molar-refractivity contribution is 0.0960. The fourth-order valence-corrected chi connectivity index (χ4v) is 3.20. The molecular formula is C18H21N3O4. The highest BCUT2D eigenvalue weighted by atomic mass is 16.3. The van der Waals surface area contributed by atoms with E-state index in [0.717, 1.165) is 25.7 Å². The topological polar surface area (TPSA) is 108 Å². The first kappa shape index (κ1) is 17.0. The van der Waals surface area contributed by atoms with Crippen LogP contribution in [-0.2, 0) is 0 Å². The van der Waals surface area contributed by atoms with Crippen molar-refractivity contribution < 1.29 is 9.90 Å². The van der Waals surface area contributed by atoms with Crippen LogP contribution >= 0.6 is 0 Å². The van der Waals surface area contributed by atoms with E-state index in [0.29, 0.717) is 0 Å². The molecule has 1 saturated carbocycles. The van der Waals surface area contributed by atoms with Crippen LogP contribution in [0.4, 0.5) is 17.1 Å². The van der Waals surface area contributed by atoms with E-state index in [2.05, 4.69) is 16.0 Å². The molecule has 7 heteroatoms. The Balaban J connectivity index is 1.84. The van der Waals surface area contributed by atoms with Gasteiger partial charge in [-0.05, 0) is 25.0 Å². The van der Waals surface area contributed by atoms with Crippen molar-refractivity contribution in [2.45, 2.75) is 38.1 Å². The molecule has 1 aliphatic carbocycles. The number of phenols is 1. The molecule has 0 saturated heterocycles. The maximum atomic E-state index is 11.9. The molecule has 0 bridgehead atoms. The van der Waals surface area contributed by atoms with E-state index >= 15 is 0 Å². The Hall–Kier alpha value is -2.83. The summed E-state index contributed by atoms with van der Waals surface area (Å²) in [4.78, 5) is 35.6. The Bertz CT molecular complexity index is 862. The average Bonchev–Trinajstić information content (AvgIpc) is 2.65. The Labute approximate surface area is 144 Å². The number of carbonyl (C=O) groups is 1. The first-order valence-corrected chi connectivity index (χ1v) is 8.44. The molecule has 7 nitrogen and oxygen atoms in total. The molecule has 4 N–H and O–H groups in total. The van der Waals surface area contributed by atoms with E-state index in [4.69, 9.17) is 0 Å². The number of carbonyl (C=O) groups excluding carboxylic acids is 1. The summed E-state index contributed by atoms with van der Waals surface area (Å²) in [6, 6.07) is 4.79. The molecule has 0 aliphatic heterocycles. The van der Waals surface area contributed by atoms with Crippen LogP contribution < -0.4 is 26.8 Å². The van der Waals surface area contributed by atoms with Gasteiger partial charge in [0, 0.05) is 13.1 Å². The number of hydrogen-bond acceptors (Lipinski definition) is 6. The summed E-state index contributed by atoms with van der Waals surface area (Å²) >= 11 is 0. The van der Waals surface area contributed by atoms with Gasteiger partial charge >= 0.3 is 0 Å². The smallest absolute Gasteiger partial charge is 0.254 e.